The highest BCUT2D eigenvalue weighted by molar-refractivity contribution is 7.89. The third-order valence-corrected chi connectivity index (χ3v) is 7.20. The van der Waals surface area contributed by atoms with E-state index >= 15 is 0 Å². The van der Waals surface area contributed by atoms with E-state index in [1.54, 1.807) is 10.8 Å². The number of anilines is 1. The molecule has 8 nitrogen and oxygen atoms in total. The third-order valence-electron chi connectivity index (χ3n) is 5.45. The van der Waals surface area contributed by atoms with Crippen molar-refractivity contribution in [1.82, 2.24) is 19.2 Å². The molecule has 164 valence electrons. The maximum Gasteiger partial charge on any atom is 0.262 e. The van der Waals surface area contributed by atoms with E-state index in [1.807, 2.05) is 57.1 Å². The van der Waals surface area contributed by atoms with Crippen LogP contribution in [0.15, 0.2) is 41.8 Å². The summed E-state index contributed by atoms with van der Waals surface area (Å²) in [7, 11) is 0.254. The van der Waals surface area contributed by atoms with E-state index in [1.165, 1.54) is 10.6 Å². The van der Waals surface area contributed by atoms with Crippen molar-refractivity contribution in [3.63, 3.8) is 0 Å². The van der Waals surface area contributed by atoms with Crippen LogP contribution in [-0.2, 0) is 21.4 Å². The summed E-state index contributed by atoms with van der Waals surface area (Å²) in [6.45, 7) is 4.95. The number of sulfonamides is 1. The Morgan fingerprint density at radius 1 is 1.27 bits per heavy atom. The molecule has 1 atom stereocenters. The van der Waals surface area contributed by atoms with Crippen molar-refractivity contribution < 1.29 is 13.2 Å². The molecule has 1 unspecified atom stereocenters. The third kappa shape index (κ3) is 5.02. The lowest BCUT2D eigenvalue weighted by Gasteiger charge is -2.30. The molecule has 1 aromatic carbocycles. The molecule has 0 bridgehead atoms. The van der Waals surface area contributed by atoms with Crippen LogP contribution in [0.2, 0.25) is 0 Å². The van der Waals surface area contributed by atoms with Gasteiger partial charge in [-0.05, 0) is 44.4 Å². The number of piperidine rings is 1. The first-order chi connectivity index (χ1) is 14.2. The molecule has 0 spiro atoms. The van der Waals surface area contributed by atoms with Gasteiger partial charge in [0.1, 0.15) is 0 Å². The van der Waals surface area contributed by atoms with Crippen LogP contribution in [0, 0.1) is 5.92 Å². The number of rotatable bonds is 7. The molecule has 1 aliphatic rings. The van der Waals surface area contributed by atoms with Crippen molar-refractivity contribution >= 4 is 21.6 Å². The molecule has 2 aromatic rings. The lowest BCUT2D eigenvalue weighted by atomic mass is 9.99. The number of imidazole rings is 1. The van der Waals surface area contributed by atoms with Gasteiger partial charge >= 0.3 is 0 Å². The first-order valence-corrected chi connectivity index (χ1v) is 11.7. The number of carbonyl (C=O) groups is 1. The SMILES string of the molecule is CC(C)n1cnc(S(=O)(=O)N2CCCC(C(=O)NCc3ccc(N(C)C)cc3)C2)c1. The number of amides is 1. The molecule has 9 heteroatoms. The van der Waals surface area contributed by atoms with Gasteiger partial charge in [0.2, 0.25) is 5.91 Å². The van der Waals surface area contributed by atoms with E-state index in [2.05, 4.69) is 10.3 Å². The zero-order chi connectivity index (χ0) is 21.9. The van der Waals surface area contributed by atoms with Gasteiger partial charge in [0, 0.05) is 51.7 Å². The highest BCUT2D eigenvalue weighted by atomic mass is 32.2. The highest BCUT2D eigenvalue weighted by Gasteiger charge is 2.34. The molecule has 1 saturated heterocycles. The van der Waals surface area contributed by atoms with Crippen LogP contribution in [0.5, 0.6) is 0 Å². The quantitative estimate of drug-likeness (QED) is 0.724. The Balaban J connectivity index is 1.61. The summed E-state index contributed by atoms with van der Waals surface area (Å²) in [6.07, 6.45) is 4.42. The first-order valence-electron chi connectivity index (χ1n) is 10.3. The van der Waals surface area contributed by atoms with Crippen LogP contribution < -0.4 is 10.2 Å². The zero-order valence-corrected chi connectivity index (χ0v) is 18.9. The number of nitrogens with one attached hydrogen (secondary N) is 1. The zero-order valence-electron chi connectivity index (χ0n) is 18.1. The van der Waals surface area contributed by atoms with Crippen LogP contribution in [0.4, 0.5) is 5.69 Å². The molecule has 3 rings (SSSR count). The number of hydrogen-bond acceptors (Lipinski definition) is 5. The molecule has 1 aliphatic heterocycles. The van der Waals surface area contributed by atoms with Gasteiger partial charge in [0.25, 0.3) is 10.0 Å². The van der Waals surface area contributed by atoms with E-state index in [0.717, 1.165) is 11.3 Å². The van der Waals surface area contributed by atoms with Gasteiger partial charge in [-0.25, -0.2) is 13.4 Å². The van der Waals surface area contributed by atoms with E-state index in [-0.39, 0.29) is 29.4 Å². The molecule has 1 amide bonds. The van der Waals surface area contributed by atoms with Gasteiger partial charge in [0.15, 0.2) is 5.03 Å². The van der Waals surface area contributed by atoms with Crippen LogP contribution >= 0.6 is 0 Å². The van der Waals surface area contributed by atoms with Gasteiger partial charge < -0.3 is 14.8 Å². The Kier molecular flexibility index (Phi) is 6.82. The van der Waals surface area contributed by atoms with Gasteiger partial charge in [-0.2, -0.15) is 4.31 Å². The van der Waals surface area contributed by atoms with Crippen molar-refractivity contribution in [2.75, 3.05) is 32.1 Å². The fourth-order valence-corrected chi connectivity index (χ4v) is 4.93. The first kappa shape index (κ1) is 22.3. The summed E-state index contributed by atoms with van der Waals surface area (Å²) >= 11 is 0. The Morgan fingerprint density at radius 3 is 2.57 bits per heavy atom. The van der Waals surface area contributed by atoms with Crippen LogP contribution in [0.25, 0.3) is 0 Å². The second-order valence-electron chi connectivity index (χ2n) is 8.23. The van der Waals surface area contributed by atoms with E-state index in [4.69, 9.17) is 0 Å². The second kappa shape index (κ2) is 9.18. The predicted molar refractivity (Wildman–Crippen MR) is 117 cm³/mol. The summed E-state index contributed by atoms with van der Waals surface area (Å²) in [5.41, 5.74) is 2.10. The number of benzene rings is 1. The summed E-state index contributed by atoms with van der Waals surface area (Å²) in [5, 5.41) is 2.99. The monoisotopic (exact) mass is 433 g/mol. The summed E-state index contributed by atoms with van der Waals surface area (Å²) in [6, 6.07) is 8.11. The molecule has 0 radical (unpaired) electrons. The number of carbonyl (C=O) groups excluding carboxylic acids is 1. The minimum Gasteiger partial charge on any atom is -0.378 e. The fourth-order valence-electron chi connectivity index (χ4n) is 3.49. The average Bonchev–Trinajstić information content (AvgIpc) is 3.24. The minimum atomic E-state index is -3.70. The summed E-state index contributed by atoms with van der Waals surface area (Å²) in [4.78, 5) is 18.8. The minimum absolute atomic E-state index is 0.0400. The normalized spacial score (nSPS) is 17.8. The maximum atomic E-state index is 13.0. The largest absolute Gasteiger partial charge is 0.378 e. The van der Waals surface area contributed by atoms with Crippen molar-refractivity contribution in [3.05, 3.63) is 42.4 Å². The second-order valence-corrected chi connectivity index (χ2v) is 10.1. The number of hydrogen-bond donors (Lipinski definition) is 1. The molecular weight excluding hydrogens is 402 g/mol. The smallest absolute Gasteiger partial charge is 0.262 e. The number of aromatic nitrogens is 2. The fraction of sp³-hybridized carbons (Fsp3) is 0.524. The summed E-state index contributed by atoms with van der Waals surface area (Å²) < 4.78 is 29.1. The van der Waals surface area contributed by atoms with Crippen LogP contribution in [0.3, 0.4) is 0 Å². The Bertz CT molecular complexity index is 967. The van der Waals surface area contributed by atoms with Gasteiger partial charge in [-0.1, -0.05) is 12.1 Å². The topological polar surface area (TPSA) is 87.5 Å². The Morgan fingerprint density at radius 2 is 1.97 bits per heavy atom. The Labute approximate surface area is 178 Å². The van der Waals surface area contributed by atoms with Gasteiger partial charge in [-0.15, -0.1) is 0 Å². The lowest BCUT2D eigenvalue weighted by Crippen LogP contribution is -2.45. The maximum absolute atomic E-state index is 13.0. The molecule has 2 heterocycles. The summed E-state index contributed by atoms with van der Waals surface area (Å²) in [5.74, 6) is -0.471. The molecular formula is C21H31N5O3S. The molecule has 1 fully saturated rings. The predicted octanol–water partition coefficient (Wildman–Crippen LogP) is 2.25. The van der Waals surface area contributed by atoms with E-state index < -0.39 is 10.0 Å². The molecule has 1 N–H and O–H groups in total. The molecule has 1 aromatic heterocycles. The van der Waals surface area contributed by atoms with Crippen molar-refractivity contribution in [1.29, 1.82) is 0 Å². The van der Waals surface area contributed by atoms with Crippen molar-refractivity contribution in [2.24, 2.45) is 5.92 Å². The molecule has 30 heavy (non-hydrogen) atoms. The van der Waals surface area contributed by atoms with Gasteiger partial charge in [-0.3, -0.25) is 4.79 Å². The van der Waals surface area contributed by atoms with E-state index in [9.17, 15) is 13.2 Å². The standard InChI is InChI=1S/C21H31N5O3S/c1-16(2)25-14-20(23-15-25)30(28,29)26-11-5-6-18(13-26)21(27)22-12-17-7-9-19(10-8-17)24(3)4/h7-10,14-16,18H,5-6,11-13H2,1-4H3,(H,22,27). The molecule has 0 saturated carbocycles. The van der Waals surface area contributed by atoms with Crippen LogP contribution in [-0.4, -0.2) is 55.4 Å². The van der Waals surface area contributed by atoms with Crippen molar-refractivity contribution in [2.45, 2.75) is 44.3 Å². The van der Waals surface area contributed by atoms with Gasteiger partial charge in [0.05, 0.1) is 12.2 Å². The van der Waals surface area contributed by atoms with Crippen molar-refractivity contribution in [3.8, 4) is 0 Å². The Hall–Kier alpha value is -2.39. The lowest BCUT2D eigenvalue weighted by molar-refractivity contribution is -0.126. The van der Waals surface area contributed by atoms with Crippen LogP contribution in [0.1, 0.15) is 38.3 Å². The molecule has 0 aliphatic carbocycles. The number of nitrogens with zero attached hydrogens (tertiary/aromatic N) is 4. The average molecular weight is 434 g/mol. The highest BCUT2D eigenvalue weighted by Crippen LogP contribution is 2.24. The van der Waals surface area contributed by atoms with E-state index in [0.29, 0.717) is 25.9 Å².